The molecule has 0 bridgehead atoms. The molecule has 0 unspecified atom stereocenters. The average Bonchev–Trinajstić information content (AvgIpc) is 2.64. The Morgan fingerprint density at radius 2 is 2.31 bits per heavy atom. The maximum absolute atomic E-state index is 10.6. The van der Waals surface area contributed by atoms with Crippen molar-refractivity contribution < 1.29 is 9.34 Å². The first-order valence-corrected chi connectivity index (χ1v) is 4.79. The van der Waals surface area contributed by atoms with Crippen molar-refractivity contribution in [2.45, 2.75) is 13.3 Å². The third-order valence-corrected chi connectivity index (χ3v) is 2.14. The number of non-ortho nitro benzene ring substituents is 1. The van der Waals surface area contributed by atoms with Gasteiger partial charge in [0.25, 0.3) is 5.69 Å². The number of rotatable bonds is 3. The van der Waals surface area contributed by atoms with Crippen molar-refractivity contribution in [3.8, 4) is 0 Å². The molecule has 16 heavy (non-hydrogen) atoms. The van der Waals surface area contributed by atoms with Crippen molar-refractivity contribution in [3.63, 3.8) is 0 Å². The highest BCUT2D eigenvalue weighted by molar-refractivity contribution is 5.35. The second-order valence-corrected chi connectivity index (χ2v) is 3.49. The topological polar surface area (TPSA) is 69.2 Å². The Morgan fingerprint density at radius 3 is 2.94 bits per heavy atom. The van der Waals surface area contributed by atoms with E-state index in [-0.39, 0.29) is 5.69 Å². The van der Waals surface area contributed by atoms with Crippen LogP contribution in [0.1, 0.15) is 17.1 Å². The molecule has 2 aromatic rings. The van der Waals surface area contributed by atoms with Crippen molar-refractivity contribution >= 4 is 5.69 Å². The lowest BCUT2D eigenvalue weighted by Gasteiger charge is -1.97. The van der Waals surface area contributed by atoms with Gasteiger partial charge in [0.05, 0.1) is 10.6 Å². The molecule has 0 saturated carbocycles. The zero-order valence-electron chi connectivity index (χ0n) is 8.71. The summed E-state index contributed by atoms with van der Waals surface area (Å²) in [5.41, 5.74) is 1.71. The van der Waals surface area contributed by atoms with Gasteiger partial charge in [-0.1, -0.05) is 12.1 Å². The van der Waals surface area contributed by atoms with Crippen molar-refractivity contribution in [3.05, 3.63) is 57.8 Å². The highest BCUT2D eigenvalue weighted by atomic mass is 16.6. The van der Waals surface area contributed by atoms with E-state index in [0.717, 1.165) is 11.3 Å². The molecule has 5 nitrogen and oxygen atoms in total. The standard InChI is InChI=1S/C11H10N2O3/c1-8-7-16-11(12-8)6-9-3-2-4-10(5-9)13(14)15/h2-5,7H,6H2,1H3. The molecule has 0 spiro atoms. The summed E-state index contributed by atoms with van der Waals surface area (Å²) in [5.74, 6) is 0.568. The number of nitro benzene ring substituents is 1. The van der Waals surface area contributed by atoms with Gasteiger partial charge in [-0.15, -0.1) is 0 Å². The molecule has 0 aliphatic carbocycles. The van der Waals surface area contributed by atoms with Crippen LogP contribution in [-0.4, -0.2) is 9.91 Å². The predicted molar refractivity (Wildman–Crippen MR) is 57.1 cm³/mol. The zero-order valence-corrected chi connectivity index (χ0v) is 8.71. The van der Waals surface area contributed by atoms with E-state index in [9.17, 15) is 10.1 Å². The lowest BCUT2D eigenvalue weighted by atomic mass is 10.1. The normalized spacial score (nSPS) is 10.3. The zero-order chi connectivity index (χ0) is 11.5. The Morgan fingerprint density at radius 1 is 1.50 bits per heavy atom. The van der Waals surface area contributed by atoms with E-state index < -0.39 is 4.92 Å². The maximum atomic E-state index is 10.6. The number of nitrogens with zero attached hydrogens (tertiary/aromatic N) is 2. The Kier molecular flexibility index (Phi) is 2.68. The Hall–Kier alpha value is -2.17. The second-order valence-electron chi connectivity index (χ2n) is 3.49. The number of aromatic nitrogens is 1. The fourth-order valence-corrected chi connectivity index (χ4v) is 1.44. The first kappa shape index (κ1) is 10.4. The summed E-state index contributed by atoms with van der Waals surface area (Å²) in [6.07, 6.45) is 2.03. The van der Waals surface area contributed by atoms with Crippen LogP contribution in [0.25, 0.3) is 0 Å². The summed E-state index contributed by atoms with van der Waals surface area (Å²) in [4.78, 5) is 14.3. The predicted octanol–water partition coefficient (Wildman–Crippen LogP) is 2.48. The summed E-state index contributed by atoms with van der Waals surface area (Å²) in [5, 5.41) is 10.6. The van der Waals surface area contributed by atoms with E-state index in [1.807, 2.05) is 13.0 Å². The summed E-state index contributed by atoms with van der Waals surface area (Å²) in [6, 6.07) is 6.46. The first-order valence-electron chi connectivity index (χ1n) is 4.79. The molecule has 0 amide bonds. The van der Waals surface area contributed by atoms with Gasteiger partial charge in [0.1, 0.15) is 6.26 Å². The smallest absolute Gasteiger partial charge is 0.269 e. The van der Waals surface area contributed by atoms with E-state index in [1.54, 1.807) is 12.3 Å². The van der Waals surface area contributed by atoms with Crippen LogP contribution in [0, 0.1) is 17.0 Å². The number of hydrogen-bond donors (Lipinski definition) is 0. The van der Waals surface area contributed by atoms with E-state index in [0.29, 0.717) is 12.3 Å². The lowest BCUT2D eigenvalue weighted by Crippen LogP contribution is -1.92. The van der Waals surface area contributed by atoms with E-state index >= 15 is 0 Å². The molecule has 1 aromatic carbocycles. The molecule has 0 N–H and O–H groups in total. The molecule has 0 aliphatic heterocycles. The monoisotopic (exact) mass is 218 g/mol. The van der Waals surface area contributed by atoms with Crippen LogP contribution in [0.2, 0.25) is 0 Å². The summed E-state index contributed by atoms with van der Waals surface area (Å²) in [7, 11) is 0. The van der Waals surface area contributed by atoms with Crippen molar-refractivity contribution in [1.29, 1.82) is 0 Å². The van der Waals surface area contributed by atoms with Gasteiger partial charge < -0.3 is 4.42 Å². The number of oxazole rings is 1. The van der Waals surface area contributed by atoms with Gasteiger partial charge in [0.15, 0.2) is 5.89 Å². The van der Waals surface area contributed by atoms with Gasteiger partial charge >= 0.3 is 0 Å². The van der Waals surface area contributed by atoms with Crippen molar-refractivity contribution in [1.82, 2.24) is 4.98 Å². The van der Waals surface area contributed by atoms with Gasteiger partial charge in [0, 0.05) is 18.6 Å². The minimum absolute atomic E-state index is 0.0841. The third-order valence-electron chi connectivity index (χ3n) is 2.14. The largest absolute Gasteiger partial charge is 0.448 e. The van der Waals surface area contributed by atoms with Crippen LogP contribution in [0.3, 0.4) is 0 Å². The quantitative estimate of drug-likeness (QED) is 0.586. The molecule has 2 rings (SSSR count). The molecule has 1 heterocycles. The van der Waals surface area contributed by atoms with Gasteiger partial charge in [0.2, 0.25) is 0 Å². The molecule has 0 fully saturated rings. The molecule has 82 valence electrons. The molecule has 5 heteroatoms. The van der Waals surface area contributed by atoms with Gasteiger partial charge in [-0.25, -0.2) is 4.98 Å². The van der Waals surface area contributed by atoms with Crippen molar-refractivity contribution in [2.75, 3.05) is 0 Å². The summed E-state index contributed by atoms with van der Waals surface area (Å²) < 4.78 is 5.19. The molecule has 0 atom stereocenters. The van der Waals surface area contributed by atoms with Crippen molar-refractivity contribution in [2.24, 2.45) is 0 Å². The maximum Gasteiger partial charge on any atom is 0.269 e. The second kappa shape index (κ2) is 4.14. The molecule has 1 aromatic heterocycles. The van der Waals surface area contributed by atoms with Crippen LogP contribution in [0.15, 0.2) is 34.9 Å². The number of aryl methyl sites for hydroxylation is 1. The van der Waals surface area contributed by atoms with E-state index in [2.05, 4.69) is 4.98 Å². The van der Waals surface area contributed by atoms with Crippen LogP contribution in [0.5, 0.6) is 0 Å². The molecule has 0 aliphatic rings. The summed E-state index contributed by atoms with van der Waals surface area (Å²) in [6.45, 7) is 1.83. The van der Waals surface area contributed by atoms with Gasteiger partial charge in [-0.05, 0) is 12.5 Å². The number of hydrogen-bond acceptors (Lipinski definition) is 4. The number of benzene rings is 1. The fourth-order valence-electron chi connectivity index (χ4n) is 1.44. The minimum atomic E-state index is -0.412. The third kappa shape index (κ3) is 2.25. The molecule has 0 saturated heterocycles. The Balaban J connectivity index is 2.21. The highest BCUT2D eigenvalue weighted by Gasteiger charge is 2.08. The van der Waals surface area contributed by atoms with Gasteiger partial charge in [-0.3, -0.25) is 10.1 Å². The van der Waals surface area contributed by atoms with Crippen LogP contribution < -0.4 is 0 Å². The molecule has 0 radical (unpaired) electrons. The first-order chi connectivity index (χ1) is 7.65. The molecular weight excluding hydrogens is 208 g/mol. The average molecular weight is 218 g/mol. The molecular formula is C11H10N2O3. The van der Waals surface area contributed by atoms with Crippen LogP contribution in [-0.2, 0) is 6.42 Å². The summed E-state index contributed by atoms with van der Waals surface area (Å²) >= 11 is 0. The van der Waals surface area contributed by atoms with Crippen LogP contribution >= 0.6 is 0 Å². The van der Waals surface area contributed by atoms with E-state index in [1.165, 1.54) is 12.1 Å². The lowest BCUT2D eigenvalue weighted by molar-refractivity contribution is -0.384. The van der Waals surface area contributed by atoms with Gasteiger partial charge in [-0.2, -0.15) is 0 Å². The number of nitro groups is 1. The minimum Gasteiger partial charge on any atom is -0.448 e. The van der Waals surface area contributed by atoms with E-state index in [4.69, 9.17) is 4.42 Å². The highest BCUT2D eigenvalue weighted by Crippen LogP contribution is 2.16. The fraction of sp³-hybridized carbons (Fsp3) is 0.182. The Labute approximate surface area is 91.9 Å². The van der Waals surface area contributed by atoms with Crippen LogP contribution in [0.4, 0.5) is 5.69 Å². The Bertz CT molecular complexity index is 519. The SMILES string of the molecule is Cc1coc(Cc2cccc([N+](=O)[O-])c2)n1.